The molecular formula is C16H15N. The van der Waals surface area contributed by atoms with Crippen molar-refractivity contribution >= 4 is 0 Å². The van der Waals surface area contributed by atoms with Crippen LogP contribution >= 0.6 is 0 Å². The molecule has 0 fully saturated rings. The topological polar surface area (TPSA) is 23.8 Å². The van der Waals surface area contributed by atoms with Gasteiger partial charge in [-0.3, -0.25) is 0 Å². The van der Waals surface area contributed by atoms with Gasteiger partial charge in [-0.2, -0.15) is 5.26 Å². The lowest BCUT2D eigenvalue weighted by molar-refractivity contribution is 1.34. The Kier molecular flexibility index (Phi) is 2.97. The Morgan fingerprint density at radius 3 is 2.29 bits per heavy atom. The standard InChI is InChI=1S/C16H15N/c1-11-4-7-16(15(8-11)10-17)14-6-5-12(2)13(3)9-14/h4-9H,1-3H3. The summed E-state index contributed by atoms with van der Waals surface area (Å²) in [5.41, 5.74) is 6.53. The summed E-state index contributed by atoms with van der Waals surface area (Å²) in [7, 11) is 0. The fraction of sp³-hybridized carbons (Fsp3) is 0.188. The lowest BCUT2D eigenvalue weighted by Gasteiger charge is -2.08. The van der Waals surface area contributed by atoms with Crippen molar-refractivity contribution in [2.45, 2.75) is 20.8 Å². The summed E-state index contributed by atoms with van der Waals surface area (Å²) in [6.07, 6.45) is 0. The first kappa shape index (κ1) is 11.4. The van der Waals surface area contributed by atoms with E-state index < -0.39 is 0 Å². The molecule has 0 amide bonds. The Bertz CT molecular complexity index is 603. The van der Waals surface area contributed by atoms with Crippen LogP contribution in [0.3, 0.4) is 0 Å². The van der Waals surface area contributed by atoms with Crippen LogP contribution in [0.15, 0.2) is 36.4 Å². The van der Waals surface area contributed by atoms with Crippen LogP contribution in [0, 0.1) is 32.1 Å². The van der Waals surface area contributed by atoms with Gasteiger partial charge in [0.05, 0.1) is 11.6 Å². The highest BCUT2D eigenvalue weighted by Crippen LogP contribution is 2.26. The van der Waals surface area contributed by atoms with E-state index >= 15 is 0 Å². The van der Waals surface area contributed by atoms with Gasteiger partial charge >= 0.3 is 0 Å². The van der Waals surface area contributed by atoms with Crippen molar-refractivity contribution in [1.29, 1.82) is 5.26 Å². The monoisotopic (exact) mass is 221 g/mol. The van der Waals surface area contributed by atoms with Crippen molar-refractivity contribution < 1.29 is 0 Å². The van der Waals surface area contributed by atoms with Gasteiger partial charge < -0.3 is 0 Å². The first-order chi connectivity index (χ1) is 8.11. The molecule has 2 aromatic rings. The number of rotatable bonds is 1. The van der Waals surface area contributed by atoms with Crippen molar-refractivity contribution in [1.82, 2.24) is 0 Å². The number of nitrogens with zero attached hydrogens (tertiary/aromatic N) is 1. The van der Waals surface area contributed by atoms with Gasteiger partial charge in [-0.05, 0) is 54.7 Å². The molecule has 0 bridgehead atoms. The van der Waals surface area contributed by atoms with E-state index in [2.05, 4.69) is 38.1 Å². The zero-order valence-corrected chi connectivity index (χ0v) is 10.4. The molecule has 0 spiro atoms. The second-order valence-electron chi connectivity index (χ2n) is 4.46. The Hall–Kier alpha value is -2.07. The van der Waals surface area contributed by atoms with Crippen LogP contribution in [0.4, 0.5) is 0 Å². The highest BCUT2D eigenvalue weighted by Gasteiger charge is 2.05. The molecule has 0 heterocycles. The van der Waals surface area contributed by atoms with Crippen LogP contribution in [0.5, 0.6) is 0 Å². The molecule has 2 aromatic carbocycles. The molecule has 0 saturated carbocycles. The summed E-state index contributed by atoms with van der Waals surface area (Å²) < 4.78 is 0. The van der Waals surface area contributed by atoms with Crippen LogP contribution in [-0.4, -0.2) is 0 Å². The third-order valence-electron chi connectivity index (χ3n) is 3.11. The molecule has 2 rings (SSSR count). The first-order valence-electron chi connectivity index (χ1n) is 5.70. The van der Waals surface area contributed by atoms with Crippen molar-refractivity contribution in [3.8, 4) is 17.2 Å². The van der Waals surface area contributed by atoms with Gasteiger partial charge in [-0.1, -0.05) is 30.3 Å². The van der Waals surface area contributed by atoms with E-state index in [4.69, 9.17) is 0 Å². The minimum absolute atomic E-state index is 0.744. The summed E-state index contributed by atoms with van der Waals surface area (Å²) in [5, 5.41) is 9.18. The Labute approximate surface area is 102 Å². The van der Waals surface area contributed by atoms with E-state index in [9.17, 15) is 5.26 Å². The van der Waals surface area contributed by atoms with Crippen LogP contribution in [0.25, 0.3) is 11.1 Å². The molecule has 84 valence electrons. The normalized spacial score (nSPS) is 10.0. The first-order valence-corrected chi connectivity index (χ1v) is 5.70. The number of benzene rings is 2. The summed E-state index contributed by atoms with van der Waals surface area (Å²) in [5.74, 6) is 0. The van der Waals surface area contributed by atoms with E-state index in [-0.39, 0.29) is 0 Å². The van der Waals surface area contributed by atoms with Gasteiger partial charge in [0, 0.05) is 0 Å². The molecule has 1 nitrogen and oxygen atoms in total. The summed E-state index contributed by atoms with van der Waals surface area (Å²) >= 11 is 0. The fourth-order valence-corrected chi connectivity index (χ4v) is 1.91. The smallest absolute Gasteiger partial charge is 0.0998 e. The van der Waals surface area contributed by atoms with Crippen molar-refractivity contribution in [3.63, 3.8) is 0 Å². The molecule has 0 aliphatic rings. The van der Waals surface area contributed by atoms with Crippen molar-refractivity contribution in [3.05, 3.63) is 58.7 Å². The van der Waals surface area contributed by atoms with Crippen LogP contribution in [0.2, 0.25) is 0 Å². The molecule has 0 atom stereocenters. The quantitative estimate of drug-likeness (QED) is 0.709. The van der Waals surface area contributed by atoms with Crippen LogP contribution in [-0.2, 0) is 0 Å². The van der Waals surface area contributed by atoms with Crippen LogP contribution < -0.4 is 0 Å². The van der Waals surface area contributed by atoms with Gasteiger partial charge in [-0.25, -0.2) is 0 Å². The minimum atomic E-state index is 0.744. The van der Waals surface area contributed by atoms with Crippen LogP contribution in [0.1, 0.15) is 22.3 Å². The second kappa shape index (κ2) is 4.43. The number of aryl methyl sites for hydroxylation is 3. The fourth-order valence-electron chi connectivity index (χ4n) is 1.91. The van der Waals surface area contributed by atoms with Crippen molar-refractivity contribution in [2.75, 3.05) is 0 Å². The predicted molar refractivity (Wildman–Crippen MR) is 70.8 cm³/mol. The number of hydrogen-bond donors (Lipinski definition) is 0. The summed E-state index contributed by atoms with van der Waals surface area (Å²) in [6, 6.07) is 14.6. The average Bonchev–Trinajstić information content (AvgIpc) is 2.32. The minimum Gasteiger partial charge on any atom is -0.192 e. The number of hydrogen-bond acceptors (Lipinski definition) is 1. The molecule has 0 aliphatic carbocycles. The van der Waals surface area contributed by atoms with E-state index in [1.165, 1.54) is 11.1 Å². The molecule has 17 heavy (non-hydrogen) atoms. The predicted octanol–water partition coefficient (Wildman–Crippen LogP) is 4.15. The van der Waals surface area contributed by atoms with Gasteiger partial charge in [0.15, 0.2) is 0 Å². The summed E-state index contributed by atoms with van der Waals surface area (Å²) in [6.45, 7) is 6.20. The maximum atomic E-state index is 9.18. The Balaban J connectivity index is 2.61. The molecule has 0 unspecified atom stereocenters. The zero-order chi connectivity index (χ0) is 12.4. The number of nitriles is 1. The second-order valence-corrected chi connectivity index (χ2v) is 4.46. The third kappa shape index (κ3) is 2.21. The van der Waals surface area contributed by atoms with Gasteiger partial charge in [0.2, 0.25) is 0 Å². The van der Waals surface area contributed by atoms with Gasteiger partial charge in [-0.15, -0.1) is 0 Å². The molecule has 0 radical (unpaired) electrons. The average molecular weight is 221 g/mol. The van der Waals surface area contributed by atoms with E-state index in [0.29, 0.717) is 0 Å². The van der Waals surface area contributed by atoms with Gasteiger partial charge in [0.25, 0.3) is 0 Å². The zero-order valence-electron chi connectivity index (χ0n) is 10.4. The molecule has 0 N–H and O–H groups in total. The maximum Gasteiger partial charge on any atom is 0.0998 e. The highest BCUT2D eigenvalue weighted by molar-refractivity contribution is 5.71. The van der Waals surface area contributed by atoms with E-state index in [1.54, 1.807) is 0 Å². The lowest BCUT2D eigenvalue weighted by atomic mass is 9.96. The van der Waals surface area contributed by atoms with Gasteiger partial charge in [0.1, 0.15) is 0 Å². The lowest BCUT2D eigenvalue weighted by Crippen LogP contribution is -1.88. The largest absolute Gasteiger partial charge is 0.192 e. The Morgan fingerprint density at radius 1 is 0.882 bits per heavy atom. The van der Waals surface area contributed by atoms with E-state index in [1.807, 2.05) is 25.1 Å². The third-order valence-corrected chi connectivity index (χ3v) is 3.11. The Morgan fingerprint density at radius 2 is 1.65 bits per heavy atom. The summed E-state index contributed by atoms with van der Waals surface area (Å²) in [4.78, 5) is 0. The van der Waals surface area contributed by atoms with E-state index in [0.717, 1.165) is 22.3 Å². The maximum absolute atomic E-state index is 9.18. The molecule has 0 saturated heterocycles. The highest BCUT2D eigenvalue weighted by atomic mass is 14.2. The van der Waals surface area contributed by atoms with Crippen molar-refractivity contribution in [2.24, 2.45) is 0 Å². The molecule has 1 heteroatoms. The SMILES string of the molecule is Cc1ccc(-c2ccc(C)c(C)c2)c(C#N)c1. The molecule has 0 aliphatic heterocycles. The molecule has 0 aromatic heterocycles. The molecular weight excluding hydrogens is 206 g/mol.